The fourth-order valence-corrected chi connectivity index (χ4v) is 2.67. The standard InChI is InChI=1S/C18H16N6O/c1-10-3-4-22-8-14(10)11-5-16(20)15-9-23-17(24-18(25)21-2)6-12(15)13(11)7-19/h3-6,8-9H,20H2,1-2H3,(H2,21,23,24,25). The summed E-state index contributed by atoms with van der Waals surface area (Å²) in [5.41, 5.74) is 9.67. The van der Waals surface area contributed by atoms with Crippen molar-refractivity contribution in [3.8, 4) is 17.2 Å². The normalized spacial score (nSPS) is 10.3. The van der Waals surface area contributed by atoms with Gasteiger partial charge in [-0.25, -0.2) is 9.78 Å². The number of urea groups is 1. The molecule has 124 valence electrons. The molecule has 3 aromatic rings. The van der Waals surface area contributed by atoms with E-state index in [1.807, 2.05) is 13.0 Å². The molecule has 7 heteroatoms. The van der Waals surface area contributed by atoms with Crippen molar-refractivity contribution in [3.63, 3.8) is 0 Å². The van der Waals surface area contributed by atoms with E-state index >= 15 is 0 Å². The van der Waals surface area contributed by atoms with Gasteiger partial charge in [-0.05, 0) is 30.7 Å². The number of fused-ring (bicyclic) bond motifs is 1. The summed E-state index contributed by atoms with van der Waals surface area (Å²) in [4.78, 5) is 19.8. The SMILES string of the molecule is CNC(=O)Nc1cc2c(C#N)c(-c3cnccc3C)cc(N)c2cn1. The van der Waals surface area contributed by atoms with Crippen LogP contribution in [-0.4, -0.2) is 23.0 Å². The van der Waals surface area contributed by atoms with E-state index in [-0.39, 0.29) is 0 Å². The number of nitrogen functional groups attached to an aromatic ring is 1. The van der Waals surface area contributed by atoms with Gasteiger partial charge in [-0.2, -0.15) is 5.26 Å². The molecule has 0 aliphatic heterocycles. The average molecular weight is 332 g/mol. The first-order valence-corrected chi connectivity index (χ1v) is 7.57. The number of nitrogens with one attached hydrogen (secondary N) is 2. The maximum Gasteiger partial charge on any atom is 0.320 e. The number of rotatable bonds is 2. The lowest BCUT2D eigenvalue weighted by atomic mass is 9.93. The first-order valence-electron chi connectivity index (χ1n) is 7.57. The molecule has 0 spiro atoms. The monoisotopic (exact) mass is 332 g/mol. The molecule has 4 N–H and O–H groups in total. The first-order chi connectivity index (χ1) is 12.0. The number of carbonyl (C=O) groups excluding carboxylic acids is 1. The fourth-order valence-electron chi connectivity index (χ4n) is 2.67. The van der Waals surface area contributed by atoms with Crippen LogP contribution in [0.3, 0.4) is 0 Å². The van der Waals surface area contributed by atoms with Crippen molar-refractivity contribution in [1.29, 1.82) is 5.26 Å². The molecule has 0 aliphatic carbocycles. The van der Waals surface area contributed by atoms with Crippen LogP contribution in [0, 0.1) is 18.3 Å². The third-order valence-electron chi connectivity index (χ3n) is 3.96. The van der Waals surface area contributed by atoms with E-state index in [1.165, 1.54) is 7.05 Å². The summed E-state index contributed by atoms with van der Waals surface area (Å²) >= 11 is 0. The summed E-state index contributed by atoms with van der Waals surface area (Å²) in [5, 5.41) is 16.1. The maximum atomic E-state index is 11.5. The van der Waals surface area contributed by atoms with Crippen LogP contribution >= 0.6 is 0 Å². The maximum absolute atomic E-state index is 11.5. The molecule has 0 fully saturated rings. The highest BCUT2D eigenvalue weighted by atomic mass is 16.2. The molecule has 0 bridgehead atoms. The Hall–Kier alpha value is -3.66. The lowest BCUT2D eigenvalue weighted by Gasteiger charge is -2.13. The number of anilines is 2. The van der Waals surface area contributed by atoms with E-state index in [2.05, 4.69) is 26.7 Å². The Balaban J connectivity index is 2.28. The van der Waals surface area contributed by atoms with Gasteiger partial charge in [0, 0.05) is 53.2 Å². The van der Waals surface area contributed by atoms with Gasteiger partial charge in [0.15, 0.2) is 0 Å². The molecule has 2 amide bonds. The summed E-state index contributed by atoms with van der Waals surface area (Å²) in [7, 11) is 1.51. The second-order valence-electron chi connectivity index (χ2n) is 5.51. The average Bonchev–Trinajstić information content (AvgIpc) is 2.61. The number of aromatic nitrogens is 2. The molecule has 0 atom stereocenters. The Bertz CT molecular complexity index is 1020. The molecule has 0 aliphatic rings. The van der Waals surface area contributed by atoms with Crippen LogP contribution in [0.2, 0.25) is 0 Å². The molecule has 2 heterocycles. The highest BCUT2D eigenvalue weighted by Gasteiger charge is 2.15. The van der Waals surface area contributed by atoms with Crippen LogP contribution in [0.1, 0.15) is 11.1 Å². The number of nitriles is 1. The molecular weight excluding hydrogens is 316 g/mol. The number of nitrogens with two attached hydrogens (primary N) is 1. The molecular formula is C18H16N6O. The van der Waals surface area contributed by atoms with E-state index in [4.69, 9.17) is 5.73 Å². The van der Waals surface area contributed by atoms with Crippen molar-refractivity contribution < 1.29 is 4.79 Å². The number of carbonyl (C=O) groups is 1. The molecule has 25 heavy (non-hydrogen) atoms. The van der Waals surface area contributed by atoms with Crippen molar-refractivity contribution in [2.45, 2.75) is 6.92 Å². The molecule has 0 saturated carbocycles. The smallest absolute Gasteiger partial charge is 0.320 e. The van der Waals surface area contributed by atoms with Gasteiger partial charge in [-0.3, -0.25) is 10.3 Å². The van der Waals surface area contributed by atoms with Crippen LogP contribution in [0.5, 0.6) is 0 Å². The van der Waals surface area contributed by atoms with E-state index in [0.29, 0.717) is 33.4 Å². The third-order valence-corrected chi connectivity index (χ3v) is 3.96. The van der Waals surface area contributed by atoms with E-state index in [1.54, 1.807) is 30.7 Å². The van der Waals surface area contributed by atoms with Crippen molar-refractivity contribution in [2.75, 3.05) is 18.1 Å². The first kappa shape index (κ1) is 16.2. The number of aryl methyl sites for hydroxylation is 1. The van der Waals surface area contributed by atoms with Crippen molar-refractivity contribution in [3.05, 3.63) is 47.9 Å². The Labute approximate surface area is 144 Å². The molecule has 3 rings (SSSR count). The predicted octanol–water partition coefficient (Wildman–Crippen LogP) is 2.81. The van der Waals surface area contributed by atoms with Crippen molar-refractivity contribution in [2.24, 2.45) is 0 Å². The number of amides is 2. The van der Waals surface area contributed by atoms with Crippen LogP contribution in [0.25, 0.3) is 21.9 Å². The van der Waals surface area contributed by atoms with Crippen LogP contribution < -0.4 is 16.4 Å². The summed E-state index contributed by atoms with van der Waals surface area (Å²) in [6, 6.07) is 7.14. The molecule has 7 nitrogen and oxygen atoms in total. The van der Waals surface area contributed by atoms with Gasteiger partial charge in [0.05, 0.1) is 5.56 Å². The highest BCUT2D eigenvalue weighted by molar-refractivity contribution is 6.03. The molecule has 0 unspecified atom stereocenters. The molecule has 1 aromatic carbocycles. The van der Waals surface area contributed by atoms with Gasteiger partial charge in [-0.1, -0.05) is 0 Å². The summed E-state index contributed by atoms with van der Waals surface area (Å²) in [6.45, 7) is 1.95. The minimum atomic E-state index is -0.391. The summed E-state index contributed by atoms with van der Waals surface area (Å²) in [5.74, 6) is 0.336. The minimum absolute atomic E-state index is 0.336. The summed E-state index contributed by atoms with van der Waals surface area (Å²) < 4.78 is 0. The zero-order valence-corrected chi connectivity index (χ0v) is 13.8. The van der Waals surface area contributed by atoms with E-state index in [0.717, 1.165) is 11.1 Å². The van der Waals surface area contributed by atoms with Crippen LogP contribution in [0.15, 0.2) is 36.8 Å². The van der Waals surface area contributed by atoms with Crippen LogP contribution in [-0.2, 0) is 0 Å². The number of hydrogen-bond acceptors (Lipinski definition) is 5. The van der Waals surface area contributed by atoms with Gasteiger partial charge >= 0.3 is 6.03 Å². The molecule has 0 saturated heterocycles. The number of hydrogen-bond donors (Lipinski definition) is 3. The Kier molecular flexibility index (Phi) is 4.18. The van der Waals surface area contributed by atoms with Gasteiger partial charge in [0.1, 0.15) is 11.9 Å². The zero-order valence-electron chi connectivity index (χ0n) is 13.8. The van der Waals surface area contributed by atoms with Gasteiger partial charge in [-0.15, -0.1) is 0 Å². The Morgan fingerprint density at radius 2 is 2.04 bits per heavy atom. The Morgan fingerprint density at radius 3 is 2.72 bits per heavy atom. The van der Waals surface area contributed by atoms with Gasteiger partial charge < -0.3 is 11.1 Å². The fraction of sp³-hybridized carbons (Fsp3) is 0.111. The van der Waals surface area contributed by atoms with Crippen molar-refractivity contribution in [1.82, 2.24) is 15.3 Å². The topological polar surface area (TPSA) is 117 Å². The third kappa shape index (κ3) is 2.93. The lowest BCUT2D eigenvalue weighted by Crippen LogP contribution is -2.24. The number of benzene rings is 1. The second-order valence-corrected chi connectivity index (χ2v) is 5.51. The van der Waals surface area contributed by atoms with Gasteiger partial charge in [0.25, 0.3) is 0 Å². The zero-order chi connectivity index (χ0) is 18.0. The minimum Gasteiger partial charge on any atom is -0.398 e. The van der Waals surface area contributed by atoms with Crippen LogP contribution in [0.4, 0.5) is 16.3 Å². The quantitative estimate of drug-likeness (QED) is 0.624. The molecule has 0 radical (unpaired) electrons. The highest BCUT2D eigenvalue weighted by Crippen LogP contribution is 2.35. The number of pyridine rings is 2. The molecule has 2 aromatic heterocycles. The Morgan fingerprint density at radius 1 is 1.24 bits per heavy atom. The van der Waals surface area contributed by atoms with E-state index in [9.17, 15) is 10.1 Å². The van der Waals surface area contributed by atoms with E-state index < -0.39 is 6.03 Å². The lowest BCUT2D eigenvalue weighted by molar-refractivity contribution is 0.254. The number of nitrogens with zero attached hydrogens (tertiary/aromatic N) is 3. The largest absolute Gasteiger partial charge is 0.398 e. The summed E-state index contributed by atoms with van der Waals surface area (Å²) in [6.07, 6.45) is 4.96. The van der Waals surface area contributed by atoms with Gasteiger partial charge in [0.2, 0.25) is 0 Å². The van der Waals surface area contributed by atoms with Crippen molar-refractivity contribution >= 4 is 28.3 Å². The predicted molar refractivity (Wildman–Crippen MR) is 96.9 cm³/mol. The second kappa shape index (κ2) is 6.45.